The molecule has 2 rings (SSSR count). The average molecular weight is 182 g/mol. The molecule has 0 bridgehead atoms. The summed E-state index contributed by atoms with van der Waals surface area (Å²) >= 11 is 0. The summed E-state index contributed by atoms with van der Waals surface area (Å²) in [6.07, 6.45) is 6.81. The Morgan fingerprint density at radius 3 is 2.85 bits per heavy atom. The van der Waals surface area contributed by atoms with Gasteiger partial charge < -0.3 is 5.11 Å². The summed E-state index contributed by atoms with van der Waals surface area (Å²) in [5, 5.41) is 12.0. The van der Waals surface area contributed by atoms with E-state index in [9.17, 15) is 4.79 Å². The smallest absolute Gasteiger partial charge is 0.326 e. The Morgan fingerprint density at radius 2 is 2.08 bits per heavy atom. The normalized spacial score (nSPS) is 35.4. The van der Waals surface area contributed by atoms with Gasteiger partial charge in [-0.3, -0.25) is 10.1 Å². The SMILES string of the molecule is O=C(O)[C]1CCC2CCCCC2N1. The summed E-state index contributed by atoms with van der Waals surface area (Å²) in [6, 6.07) is 0.983. The van der Waals surface area contributed by atoms with Gasteiger partial charge in [-0.1, -0.05) is 12.8 Å². The van der Waals surface area contributed by atoms with Crippen molar-refractivity contribution in [1.82, 2.24) is 5.32 Å². The fourth-order valence-electron chi connectivity index (χ4n) is 2.54. The Morgan fingerprint density at radius 1 is 1.31 bits per heavy atom. The highest BCUT2D eigenvalue weighted by Crippen LogP contribution is 2.33. The molecule has 0 aromatic heterocycles. The minimum absolute atomic E-state index is 0.452. The van der Waals surface area contributed by atoms with Crippen molar-refractivity contribution in [2.75, 3.05) is 0 Å². The van der Waals surface area contributed by atoms with Gasteiger partial charge in [0.15, 0.2) is 0 Å². The van der Waals surface area contributed by atoms with Gasteiger partial charge in [-0.15, -0.1) is 0 Å². The number of hydrogen-bond acceptors (Lipinski definition) is 2. The number of fused-ring (bicyclic) bond motifs is 1. The molecular weight excluding hydrogens is 166 g/mol. The first-order chi connectivity index (χ1) is 6.27. The first kappa shape index (κ1) is 9.00. The van der Waals surface area contributed by atoms with Crippen molar-refractivity contribution in [1.29, 1.82) is 0 Å². The van der Waals surface area contributed by atoms with E-state index < -0.39 is 5.97 Å². The predicted molar refractivity (Wildman–Crippen MR) is 49.0 cm³/mol. The molecule has 3 heteroatoms. The van der Waals surface area contributed by atoms with Gasteiger partial charge in [0.1, 0.15) is 6.04 Å². The Hall–Kier alpha value is -0.570. The van der Waals surface area contributed by atoms with Crippen LogP contribution in [-0.2, 0) is 4.79 Å². The van der Waals surface area contributed by atoms with Gasteiger partial charge in [-0.2, -0.15) is 0 Å². The van der Waals surface area contributed by atoms with Gasteiger partial charge in [0.05, 0.1) is 0 Å². The van der Waals surface area contributed by atoms with Crippen LogP contribution in [0.25, 0.3) is 0 Å². The van der Waals surface area contributed by atoms with E-state index in [0.29, 0.717) is 12.1 Å². The highest BCUT2D eigenvalue weighted by atomic mass is 16.4. The van der Waals surface area contributed by atoms with E-state index in [0.717, 1.165) is 25.2 Å². The van der Waals surface area contributed by atoms with Gasteiger partial charge in [-0.25, -0.2) is 0 Å². The van der Waals surface area contributed by atoms with Crippen molar-refractivity contribution in [3.8, 4) is 0 Å². The number of aliphatic carboxylic acids is 1. The zero-order valence-corrected chi connectivity index (χ0v) is 7.75. The number of hydrogen-bond donors (Lipinski definition) is 2. The largest absolute Gasteiger partial charge is 0.480 e. The molecule has 2 atom stereocenters. The van der Waals surface area contributed by atoms with E-state index in [2.05, 4.69) is 5.32 Å². The summed E-state index contributed by atoms with van der Waals surface area (Å²) in [5.74, 6) is -0.0270. The molecule has 1 saturated carbocycles. The van der Waals surface area contributed by atoms with E-state index in [-0.39, 0.29) is 0 Å². The fourth-order valence-corrected chi connectivity index (χ4v) is 2.54. The Kier molecular flexibility index (Phi) is 2.54. The van der Waals surface area contributed by atoms with Gasteiger partial charge in [0.25, 0.3) is 0 Å². The molecule has 73 valence electrons. The van der Waals surface area contributed by atoms with Crippen LogP contribution in [0.1, 0.15) is 38.5 Å². The summed E-state index contributed by atoms with van der Waals surface area (Å²) < 4.78 is 0. The molecule has 2 N–H and O–H groups in total. The van der Waals surface area contributed by atoms with Crippen LogP contribution >= 0.6 is 0 Å². The van der Waals surface area contributed by atoms with Gasteiger partial charge in [0, 0.05) is 6.04 Å². The van der Waals surface area contributed by atoms with Crippen molar-refractivity contribution in [2.24, 2.45) is 5.92 Å². The molecule has 1 saturated heterocycles. The molecule has 1 heterocycles. The first-order valence-corrected chi connectivity index (χ1v) is 5.13. The molecule has 0 aromatic carbocycles. The number of piperidine rings is 1. The molecule has 2 aliphatic rings. The molecule has 0 amide bonds. The van der Waals surface area contributed by atoms with E-state index in [1.807, 2.05) is 0 Å². The topological polar surface area (TPSA) is 49.3 Å². The second kappa shape index (κ2) is 3.66. The fraction of sp³-hybridized carbons (Fsp3) is 0.800. The monoisotopic (exact) mass is 182 g/mol. The molecule has 1 radical (unpaired) electrons. The average Bonchev–Trinajstić information content (AvgIpc) is 2.17. The van der Waals surface area contributed by atoms with E-state index >= 15 is 0 Å². The van der Waals surface area contributed by atoms with Crippen LogP contribution < -0.4 is 5.32 Å². The lowest BCUT2D eigenvalue weighted by Crippen LogP contribution is -2.47. The van der Waals surface area contributed by atoms with E-state index in [1.165, 1.54) is 19.3 Å². The minimum atomic E-state index is -0.760. The van der Waals surface area contributed by atoms with Crippen molar-refractivity contribution in [2.45, 2.75) is 44.6 Å². The Balaban J connectivity index is 1.95. The Bertz CT molecular complexity index is 205. The second-order valence-electron chi connectivity index (χ2n) is 4.12. The van der Waals surface area contributed by atoms with Crippen molar-refractivity contribution in [3.05, 3.63) is 6.04 Å². The van der Waals surface area contributed by atoms with Gasteiger partial charge in [0.2, 0.25) is 0 Å². The van der Waals surface area contributed by atoms with Crippen molar-refractivity contribution >= 4 is 5.97 Å². The molecule has 1 aliphatic heterocycles. The van der Waals surface area contributed by atoms with Crippen LogP contribution in [0.4, 0.5) is 0 Å². The zero-order valence-electron chi connectivity index (χ0n) is 7.75. The molecule has 1 aliphatic carbocycles. The third-order valence-electron chi connectivity index (χ3n) is 3.29. The molecule has 0 aromatic rings. The van der Waals surface area contributed by atoms with E-state index in [1.54, 1.807) is 0 Å². The third-order valence-corrected chi connectivity index (χ3v) is 3.29. The van der Waals surface area contributed by atoms with Crippen LogP contribution in [0.5, 0.6) is 0 Å². The number of nitrogens with one attached hydrogen (secondary N) is 1. The lowest BCUT2D eigenvalue weighted by atomic mass is 9.78. The summed E-state index contributed by atoms with van der Waals surface area (Å²) in [7, 11) is 0. The number of rotatable bonds is 1. The van der Waals surface area contributed by atoms with Gasteiger partial charge in [-0.05, 0) is 31.6 Å². The van der Waals surface area contributed by atoms with Crippen LogP contribution in [0, 0.1) is 12.0 Å². The summed E-state index contributed by atoms with van der Waals surface area (Å²) in [6.45, 7) is 0. The molecule has 2 unspecified atom stereocenters. The number of carboxylic acid groups (broad SMARTS) is 1. The predicted octanol–water partition coefficient (Wildman–Crippen LogP) is 1.55. The number of carboxylic acids is 1. The van der Waals surface area contributed by atoms with Gasteiger partial charge >= 0.3 is 5.97 Å². The third kappa shape index (κ3) is 1.85. The maximum atomic E-state index is 10.7. The lowest BCUT2D eigenvalue weighted by molar-refractivity contribution is -0.136. The molecular formula is C10H16NO2. The second-order valence-corrected chi connectivity index (χ2v) is 4.12. The number of carbonyl (C=O) groups is 1. The van der Waals surface area contributed by atoms with Crippen molar-refractivity contribution < 1.29 is 9.90 Å². The summed E-state index contributed by atoms with van der Waals surface area (Å²) in [4.78, 5) is 10.7. The lowest BCUT2D eigenvalue weighted by Gasteiger charge is -2.38. The van der Waals surface area contributed by atoms with E-state index in [4.69, 9.17) is 5.11 Å². The Labute approximate surface area is 78.5 Å². The standard InChI is InChI=1S/C10H16NO2/c12-10(13)9-6-5-7-3-1-2-4-8(7)11-9/h7-8,11H,1-6H2,(H,12,13). The van der Waals surface area contributed by atoms with Crippen LogP contribution in [-0.4, -0.2) is 17.1 Å². The highest BCUT2D eigenvalue weighted by Gasteiger charge is 2.34. The van der Waals surface area contributed by atoms with Crippen LogP contribution in [0.2, 0.25) is 0 Å². The maximum absolute atomic E-state index is 10.7. The minimum Gasteiger partial charge on any atom is -0.480 e. The molecule has 3 nitrogen and oxygen atoms in total. The molecule has 13 heavy (non-hydrogen) atoms. The molecule has 2 fully saturated rings. The highest BCUT2D eigenvalue weighted by molar-refractivity contribution is 5.82. The molecule has 0 spiro atoms. The zero-order chi connectivity index (χ0) is 9.26. The summed E-state index contributed by atoms with van der Waals surface area (Å²) in [5.41, 5.74) is 0. The van der Waals surface area contributed by atoms with Crippen molar-refractivity contribution in [3.63, 3.8) is 0 Å². The maximum Gasteiger partial charge on any atom is 0.326 e. The van der Waals surface area contributed by atoms with Crippen LogP contribution in [0.3, 0.4) is 0 Å². The first-order valence-electron chi connectivity index (χ1n) is 5.13. The van der Waals surface area contributed by atoms with Crippen LogP contribution in [0.15, 0.2) is 0 Å². The quantitative estimate of drug-likeness (QED) is 0.646.